The van der Waals surface area contributed by atoms with Crippen LogP contribution in [-0.2, 0) is 9.22 Å². The lowest BCUT2D eigenvalue weighted by Crippen LogP contribution is -2.67. The molecule has 0 aliphatic heterocycles. The normalized spacial score (nSPS) is 13.3. The minimum Gasteiger partial charge on any atom is -0.405 e. The Bertz CT molecular complexity index is 1030. The molecule has 0 unspecified atom stereocenters. The van der Waals surface area contributed by atoms with Gasteiger partial charge in [0.1, 0.15) is 0 Å². The number of unbranched alkanes of at least 4 members (excludes halogenated alkanes) is 14. The summed E-state index contributed by atoms with van der Waals surface area (Å²) in [6.07, 6.45) is 24.0. The number of rotatable bonds is 29. The zero-order valence-corrected chi connectivity index (χ0v) is 33.8. The van der Waals surface area contributed by atoms with Gasteiger partial charge in [-0.1, -0.05) is 205 Å². The molecule has 0 heterocycles. The van der Waals surface area contributed by atoms with Crippen LogP contribution in [0.4, 0.5) is 0 Å². The second-order valence-corrected chi connectivity index (χ2v) is 20.1. The summed E-state index contributed by atoms with van der Waals surface area (Å²) in [5, 5.41) is 9.60. The van der Waals surface area contributed by atoms with E-state index in [9.17, 15) is 4.79 Å². The third-order valence-electron chi connectivity index (χ3n) is 10.3. The summed E-state index contributed by atoms with van der Waals surface area (Å²) in [6, 6.07) is 21.6. The number of nitrogens with one attached hydrogen (secondary N) is 2. The average Bonchev–Trinajstić information content (AvgIpc) is 3.09. The fourth-order valence-corrected chi connectivity index (χ4v) is 11.9. The quantitative estimate of drug-likeness (QED) is 0.0659. The lowest BCUT2D eigenvalue weighted by molar-refractivity contribution is -0.122. The summed E-state index contributed by atoms with van der Waals surface area (Å²) < 4.78 is 7.29. The number of hydrogen-bond donors (Lipinski definition) is 2. The molecule has 2 aromatic rings. The van der Waals surface area contributed by atoms with Crippen LogP contribution in [0.2, 0.25) is 5.04 Å². The highest BCUT2D eigenvalue weighted by Gasteiger charge is 2.50. The van der Waals surface area contributed by atoms with Crippen LogP contribution in [0.1, 0.15) is 164 Å². The van der Waals surface area contributed by atoms with Gasteiger partial charge in [-0.3, -0.25) is 4.79 Å². The molecule has 2 aromatic carbocycles. The van der Waals surface area contributed by atoms with E-state index in [1.807, 2.05) is 0 Å². The van der Waals surface area contributed by atoms with Crippen molar-refractivity contribution in [3.05, 3.63) is 60.7 Å². The second-order valence-electron chi connectivity index (χ2n) is 15.8. The summed E-state index contributed by atoms with van der Waals surface area (Å²) in [4.78, 5) is 13.3. The maximum atomic E-state index is 13.3. The molecule has 1 amide bonds. The van der Waals surface area contributed by atoms with Gasteiger partial charge in [0.05, 0.1) is 12.6 Å². The minimum absolute atomic E-state index is 0.0776. The van der Waals surface area contributed by atoms with E-state index in [4.69, 9.17) is 4.43 Å². The third-order valence-corrected chi connectivity index (χ3v) is 15.3. The van der Waals surface area contributed by atoms with Gasteiger partial charge in [0.2, 0.25) is 5.91 Å². The molecule has 49 heavy (non-hydrogen) atoms. The average molecular weight is 693 g/mol. The summed E-state index contributed by atoms with van der Waals surface area (Å²) in [5.74, 6) is 0.880. The topological polar surface area (TPSA) is 50.4 Å². The first-order chi connectivity index (χ1) is 23.7. The predicted molar refractivity (Wildman–Crippen MR) is 217 cm³/mol. The second kappa shape index (κ2) is 25.9. The van der Waals surface area contributed by atoms with Gasteiger partial charge in [-0.25, -0.2) is 0 Å². The van der Waals surface area contributed by atoms with Crippen LogP contribution in [0.25, 0.3) is 0 Å². The fraction of sp³-hybridized carbons (Fsp3) is 0.705. The van der Waals surface area contributed by atoms with Crippen LogP contribution in [0.3, 0.4) is 0 Å². The molecular weight excluding hydrogens is 617 g/mol. The molecule has 0 bridgehead atoms. The SMILES string of the molecule is CCCCCCCCCCCCCC(=O)N[C@H](CNCC[C@H](C)CCCCCCC)CO[Si](c1ccccc1)(c1ccccc1)C(C)(C)C. The van der Waals surface area contributed by atoms with Crippen molar-refractivity contribution in [1.82, 2.24) is 10.6 Å². The Morgan fingerprint density at radius 2 is 1.14 bits per heavy atom. The first kappa shape index (κ1) is 43.2. The molecule has 0 fully saturated rings. The molecule has 2 atom stereocenters. The van der Waals surface area contributed by atoms with Crippen molar-refractivity contribution in [2.75, 3.05) is 19.7 Å². The molecule has 278 valence electrons. The van der Waals surface area contributed by atoms with Crippen LogP contribution in [0.5, 0.6) is 0 Å². The lowest BCUT2D eigenvalue weighted by Gasteiger charge is -2.43. The van der Waals surface area contributed by atoms with E-state index < -0.39 is 8.32 Å². The van der Waals surface area contributed by atoms with Gasteiger partial charge < -0.3 is 15.1 Å². The van der Waals surface area contributed by atoms with Crippen molar-refractivity contribution in [2.45, 2.75) is 175 Å². The molecule has 0 aromatic heterocycles. The third kappa shape index (κ3) is 17.2. The van der Waals surface area contributed by atoms with Crippen LogP contribution >= 0.6 is 0 Å². The zero-order chi connectivity index (χ0) is 35.6. The first-order valence-corrected chi connectivity index (χ1v) is 22.4. The summed E-state index contributed by atoms with van der Waals surface area (Å²) in [6.45, 7) is 16.1. The highest BCUT2D eigenvalue weighted by molar-refractivity contribution is 6.99. The van der Waals surface area contributed by atoms with E-state index in [-0.39, 0.29) is 17.0 Å². The largest absolute Gasteiger partial charge is 0.405 e. The smallest absolute Gasteiger partial charge is 0.261 e. The van der Waals surface area contributed by atoms with Gasteiger partial charge in [0.25, 0.3) is 8.32 Å². The van der Waals surface area contributed by atoms with Gasteiger partial charge >= 0.3 is 0 Å². The maximum Gasteiger partial charge on any atom is 0.261 e. The monoisotopic (exact) mass is 693 g/mol. The Hall–Kier alpha value is -1.95. The fourth-order valence-electron chi connectivity index (χ4n) is 7.25. The highest BCUT2D eigenvalue weighted by Crippen LogP contribution is 2.36. The zero-order valence-electron chi connectivity index (χ0n) is 32.8. The Balaban J connectivity index is 2.00. The first-order valence-electron chi connectivity index (χ1n) is 20.5. The van der Waals surface area contributed by atoms with Crippen molar-refractivity contribution in [2.24, 2.45) is 5.92 Å². The molecule has 0 saturated carbocycles. The van der Waals surface area contributed by atoms with Crippen molar-refractivity contribution in [3.8, 4) is 0 Å². The van der Waals surface area contributed by atoms with E-state index in [0.717, 1.165) is 31.8 Å². The summed E-state index contributed by atoms with van der Waals surface area (Å²) in [7, 11) is -2.69. The van der Waals surface area contributed by atoms with Crippen molar-refractivity contribution < 1.29 is 9.22 Å². The van der Waals surface area contributed by atoms with Crippen molar-refractivity contribution in [1.29, 1.82) is 0 Å². The summed E-state index contributed by atoms with van der Waals surface area (Å²) in [5.41, 5.74) is 0. The van der Waals surface area contributed by atoms with E-state index in [0.29, 0.717) is 13.0 Å². The van der Waals surface area contributed by atoms with Crippen LogP contribution < -0.4 is 21.0 Å². The molecule has 2 rings (SSSR count). The Morgan fingerprint density at radius 1 is 0.673 bits per heavy atom. The van der Waals surface area contributed by atoms with E-state index in [1.165, 1.54) is 113 Å². The molecule has 2 N–H and O–H groups in total. The highest BCUT2D eigenvalue weighted by atomic mass is 28.4. The van der Waals surface area contributed by atoms with Gasteiger partial charge in [0, 0.05) is 13.0 Å². The van der Waals surface area contributed by atoms with Gasteiger partial charge in [0.15, 0.2) is 0 Å². The summed E-state index contributed by atoms with van der Waals surface area (Å²) >= 11 is 0. The van der Waals surface area contributed by atoms with E-state index in [1.54, 1.807) is 0 Å². The van der Waals surface area contributed by atoms with Crippen molar-refractivity contribution >= 4 is 24.6 Å². The van der Waals surface area contributed by atoms with Gasteiger partial charge in [-0.15, -0.1) is 0 Å². The van der Waals surface area contributed by atoms with Gasteiger partial charge in [-0.2, -0.15) is 0 Å². The molecule has 0 aliphatic carbocycles. The van der Waals surface area contributed by atoms with Crippen molar-refractivity contribution in [3.63, 3.8) is 0 Å². The molecule has 4 nitrogen and oxygen atoms in total. The van der Waals surface area contributed by atoms with Gasteiger partial charge in [-0.05, 0) is 40.7 Å². The van der Waals surface area contributed by atoms with E-state index in [2.05, 4.69) is 113 Å². The molecule has 0 spiro atoms. The minimum atomic E-state index is -2.69. The number of carbonyl (C=O) groups excluding carboxylic acids is 1. The Morgan fingerprint density at radius 3 is 1.63 bits per heavy atom. The maximum absolute atomic E-state index is 13.3. The number of carbonyl (C=O) groups is 1. The predicted octanol–water partition coefficient (Wildman–Crippen LogP) is 10.7. The lowest BCUT2D eigenvalue weighted by atomic mass is 9.99. The molecule has 0 radical (unpaired) electrons. The van der Waals surface area contributed by atoms with Crippen LogP contribution in [0.15, 0.2) is 60.7 Å². The Kier molecular flexibility index (Phi) is 22.9. The molecule has 0 aliphatic rings. The number of hydrogen-bond acceptors (Lipinski definition) is 3. The number of amides is 1. The standard InChI is InChI=1S/C44H76N2O2Si/c1-7-9-11-13-14-15-16-17-18-20-28-34-43(47)46-40(37-45-36-35-39(3)29-23-19-12-10-8-2)38-48-49(44(4,5)6,41-30-24-21-25-31-41)42-32-26-22-27-33-42/h21-22,24-27,30-33,39-40,45H,7-20,23,28-29,34-38H2,1-6H3,(H,46,47)/t39-,40-/m1/s1. The van der Waals surface area contributed by atoms with E-state index >= 15 is 0 Å². The van der Waals surface area contributed by atoms with Crippen LogP contribution in [-0.4, -0.2) is 40.0 Å². The Labute approximate surface area is 304 Å². The molecule has 0 saturated heterocycles. The van der Waals surface area contributed by atoms with Crippen LogP contribution in [0, 0.1) is 5.92 Å². The molecule has 5 heteroatoms. The number of benzene rings is 2. The molecular formula is C44H76N2O2Si.